The molecule has 0 saturated heterocycles. The molecule has 1 N–H and O–H groups in total. The number of hydrogen-bond donors (Lipinski definition) is 1. The summed E-state index contributed by atoms with van der Waals surface area (Å²) in [4.78, 5) is 38.6. The van der Waals surface area contributed by atoms with Crippen LogP contribution in [-0.2, 0) is 27.9 Å². The summed E-state index contributed by atoms with van der Waals surface area (Å²) in [5.41, 5.74) is 2.50. The zero-order valence-corrected chi connectivity index (χ0v) is 17.6. The Kier molecular flexibility index (Phi) is 6.92. The minimum atomic E-state index is -0.626. The normalized spacial score (nSPS) is 10.8. The molecule has 0 saturated carbocycles. The third kappa shape index (κ3) is 4.76. The molecule has 1 amide bonds. The molecule has 9 nitrogen and oxygen atoms in total. The van der Waals surface area contributed by atoms with Gasteiger partial charge in [-0.05, 0) is 26.5 Å². The number of aromatic nitrogens is 2. The number of ether oxygens (including phenoxy) is 2. The Hall–Kier alpha value is -2.72. The second-order valence-corrected chi connectivity index (χ2v) is 7.40. The Bertz CT molecular complexity index is 902. The van der Waals surface area contributed by atoms with Gasteiger partial charge < -0.3 is 14.8 Å². The van der Waals surface area contributed by atoms with Crippen LogP contribution in [0.15, 0.2) is 6.20 Å². The first-order valence-corrected chi connectivity index (χ1v) is 9.27. The molecule has 0 aromatic carbocycles. The van der Waals surface area contributed by atoms with Crippen LogP contribution in [0.3, 0.4) is 0 Å². The molecule has 0 aliphatic heterocycles. The maximum absolute atomic E-state index is 12.5. The summed E-state index contributed by atoms with van der Waals surface area (Å²) in [5, 5.41) is 7.26. The molecular weight excluding hydrogens is 384 g/mol. The zero-order valence-electron chi connectivity index (χ0n) is 16.8. The maximum atomic E-state index is 12.5. The van der Waals surface area contributed by atoms with E-state index in [0.717, 1.165) is 22.6 Å². The van der Waals surface area contributed by atoms with Gasteiger partial charge in [0.05, 0.1) is 32.0 Å². The van der Waals surface area contributed by atoms with Gasteiger partial charge in [0.15, 0.2) is 0 Å². The van der Waals surface area contributed by atoms with Gasteiger partial charge in [-0.25, -0.2) is 9.59 Å². The highest BCUT2D eigenvalue weighted by molar-refractivity contribution is 7.18. The van der Waals surface area contributed by atoms with Crippen molar-refractivity contribution >= 4 is 34.2 Å². The van der Waals surface area contributed by atoms with E-state index in [4.69, 9.17) is 9.47 Å². The van der Waals surface area contributed by atoms with Crippen LogP contribution in [-0.4, -0.2) is 60.3 Å². The molecule has 0 radical (unpaired) electrons. The molecule has 28 heavy (non-hydrogen) atoms. The van der Waals surface area contributed by atoms with Crippen LogP contribution in [0.1, 0.15) is 36.9 Å². The molecule has 10 heteroatoms. The molecule has 0 fully saturated rings. The SMILES string of the molecule is COC(=O)c1sc(NC(=O)CN(C)Cc2cn(C)nc2C)c(C(=O)OC)c1C. The van der Waals surface area contributed by atoms with Gasteiger partial charge in [0, 0.05) is 25.4 Å². The number of hydrogen-bond acceptors (Lipinski definition) is 8. The highest BCUT2D eigenvalue weighted by Crippen LogP contribution is 2.34. The number of rotatable bonds is 7. The lowest BCUT2D eigenvalue weighted by Gasteiger charge is -2.15. The van der Waals surface area contributed by atoms with Crippen LogP contribution in [0.4, 0.5) is 5.00 Å². The number of carbonyl (C=O) groups excluding carboxylic acids is 3. The van der Waals surface area contributed by atoms with Gasteiger partial charge in [0.1, 0.15) is 9.88 Å². The van der Waals surface area contributed by atoms with Crippen molar-refractivity contribution in [3.8, 4) is 0 Å². The lowest BCUT2D eigenvalue weighted by Crippen LogP contribution is -2.30. The average Bonchev–Trinajstić information content (AvgIpc) is 3.11. The molecule has 0 spiro atoms. The lowest BCUT2D eigenvalue weighted by atomic mass is 10.1. The third-order valence-corrected chi connectivity index (χ3v) is 5.32. The number of likely N-dealkylation sites (N-methyl/N-ethyl adjacent to an activating group) is 1. The van der Waals surface area contributed by atoms with Crippen molar-refractivity contribution < 1.29 is 23.9 Å². The lowest BCUT2D eigenvalue weighted by molar-refractivity contribution is -0.117. The molecule has 0 unspecified atom stereocenters. The summed E-state index contributed by atoms with van der Waals surface area (Å²) in [6, 6.07) is 0. The summed E-state index contributed by atoms with van der Waals surface area (Å²) in [5.74, 6) is -1.51. The van der Waals surface area contributed by atoms with Gasteiger partial charge in [-0.3, -0.25) is 14.4 Å². The van der Waals surface area contributed by atoms with Crippen LogP contribution in [0.2, 0.25) is 0 Å². The molecule has 0 aliphatic carbocycles. The van der Waals surface area contributed by atoms with Crippen LogP contribution >= 0.6 is 11.3 Å². The zero-order chi connectivity index (χ0) is 21.0. The highest BCUT2D eigenvalue weighted by atomic mass is 32.1. The van der Waals surface area contributed by atoms with Crippen LogP contribution in [0.5, 0.6) is 0 Å². The van der Waals surface area contributed by atoms with Crippen molar-refractivity contribution in [2.24, 2.45) is 7.05 Å². The summed E-state index contributed by atoms with van der Waals surface area (Å²) >= 11 is 0.989. The summed E-state index contributed by atoms with van der Waals surface area (Å²) in [7, 11) is 6.15. The Morgan fingerprint density at radius 1 is 1.21 bits per heavy atom. The Balaban J connectivity index is 2.15. The fourth-order valence-electron chi connectivity index (χ4n) is 2.80. The number of esters is 2. The Morgan fingerprint density at radius 3 is 2.39 bits per heavy atom. The van der Waals surface area contributed by atoms with Crippen molar-refractivity contribution in [3.05, 3.63) is 33.5 Å². The number of methoxy groups -OCH3 is 2. The fourth-order valence-corrected chi connectivity index (χ4v) is 3.93. The second kappa shape index (κ2) is 8.98. The molecule has 2 aromatic rings. The molecule has 2 heterocycles. The number of amides is 1. The van der Waals surface area contributed by atoms with Crippen molar-refractivity contribution in [1.82, 2.24) is 14.7 Å². The summed E-state index contributed by atoms with van der Waals surface area (Å²) in [6.45, 7) is 4.17. The first kappa shape index (κ1) is 21.6. The van der Waals surface area contributed by atoms with Crippen LogP contribution in [0, 0.1) is 13.8 Å². The molecule has 152 valence electrons. The number of thiophene rings is 1. The number of carbonyl (C=O) groups is 3. The summed E-state index contributed by atoms with van der Waals surface area (Å²) in [6.07, 6.45) is 1.91. The highest BCUT2D eigenvalue weighted by Gasteiger charge is 2.27. The van der Waals surface area contributed by atoms with Gasteiger partial charge in [-0.2, -0.15) is 5.10 Å². The van der Waals surface area contributed by atoms with Crippen LogP contribution < -0.4 is 5.32 Å². The van der Waals surface area contributed by atoms with Gasteiger partial charge in [-0.1, -0.05) is 0 Å². The topological polar surface area (TPSA) is 103 Å². The molecule has 2 rings (SSSR count). The molecular formula is C18H24N4O5S. The third-order valence-electron chi connectivity index (χ3n) is 4.13. The maximum Gasteiger partial charge on any atom is 0.348 e. The molecule has 2 aromatic heterocycles. The first-order chi connectivity index (χ1) is 13.2. The van der Waals surface area contributed by atoms with Crippen molar-refractivity contribution in [2.45, 2.75) is 20.4 Å². The van der Waals surface area contributed by atoms with E-state index >= 15 is 0 Å². The number of nitrogens with one attached hydrogen (secondary N) is 1. The van der Waals surface area contributed by atoms with Crippen molar-refractivity contribution in [3.63, 3.8) is 0 Å². The van der Waals surface area contributed by atoms with Gasteiger partial charge in [-0.15, -0.1) is 11.3 Å². The van der Waals surface area contributed by atoms with E-state index in [9.17, 15) is 14.4 Å². The van der Waals surface area contributed by atoms with Gasteiger partial charge >= 0.3 is 11.9 Å². The van der Waals surface area contributed by atoms with E-state index in [0.29, 0.717) is 12.1 Å². The van der Waals surface area contributed by atoms with Gasteiger partial charge in [0.2, 0.25) is 5.91 Å². The molecule has 0 aliphatic rings. The Labute approximate surface area is 167 Å². The minimum Gasteiger partial charge on any atom is -0.465 e. The number of nitrogens with zero attached hydrogens (tertiary/aromatic N) is 3. The average molecular weight is 408 g/mol. The predicted octanol–water partition coefficient (Wildman–Crippen LogP) is 1.74. The van der Waals surface area contributed by atoms with Crippen molar-refractivity contribution in [2.75, 3.05) is 33.1 Å². The smallest absolute Gasteiger partial charge is 0.348 e. The summed E-state index contributed by atoms with van der Waals surface area (Å²) < 4.78 is 11.3. The van der Waals surface area contributed by atoms with Crippen molar-refractivity contribution in [1.29, 1.82) is 0 Å². The Morgan fingerprint density at radius 2 is 1.86 bits per heavy atom. The van der Waals surface area contributed by atoms with E-state index in [2.05, 4.69) is 10.4 Å². The number of aryl methyl sites for hydroxylation is 2. The van der Waals surface area contributed by atoms with E-state index in [-0.39, 0.29) is 27.9 Å². The largest absolute Gasteiger partial charge is 0.465 e. The fraction of sp³-hybridized carbons (Fsp3) is 0.444. The quantitative estimate of drug-likeness (QED) is 0.696. The van der Waals surface area contributed by atoms with E-state index in [1.54, 1.807) is 11.6 Å². The van der Waals surface area contributed by atoms with E-state index in [1.807, 2.05) is 32.1 Å². The molecule has 0 bridgehead atoms. The first-order valence-electron chi connectivity index (χ1n) is 8.45. The molecule has 0 atom stereocenters. The minimum absolute atomic E-state index is 0.0967. The van der Waals surface area contributed by atoms with Gasteiger partial charge in [0.25, 0.3) is 0 Å². The monoisotopic (exact) mass is 408 g/mol. The second-order valence-electron chi connectivity index (χ2n) is 6.38. The standard InChI is InChI=1S/C18H24N4O5S/c1-10-14(17(24)26-5)16(28-15(10)18(25)27-6)19-13(23)9-21(3)7-12-8-22(4)20-11(12)2/h8H,7,9H2,1-6H3,(H,19,23). The number of anilines is 1. The predicted molar refractivity (Wildman–Crippen MR) is 105 cm³/mol. The van der Waals surface area contributed by atoms with E-state index < -0.39 is 11.9 Å². The van der Waals surface area contributed by atoms with Crippen LogP contribution in [0.25, 0.3) is 0 Å². The van der Waals surface area contributed by atoms with E-state index in [1.165, 1.54) is 14.2 Å².